The van der Waals surface area contributed by atoms with E-state index in [2.05, 4.69) is 31.3 Å². The number of carbonyl (C=O) groups is 1. The minimum absolute atomic E-state index is 0.116. The topological polar surface area (TPSA) is 29.1 Å². The molecule has 0 aliphatic heterocycles. The molecule has 2 nitrogen and oxygen atoms in total. The molecule has 1 N–H and O–H groups in total. The summed E-state index contributed by atoms with van der Waals surface area (Å²) in [6, 6.07) is 6.22. The lowest BCUT2D eigenvalue weighted by Crippen LogP contribution is -2.32. The average molecular weight is 294 g/mol. The van der Waals surface area contributed by atoms with Gasteiger partial charge in [-0.1, -0.05) is 24.6 Å². The van der Waals surface area contributed by atoms with E-state index >= 15 is 0 Å². The van der Waals surface area contributed by atoms with Crippen LogP contribution in [0.2, 0.25) is 0 Å². The van der Waals surface area contributed by atoms with Crippen LogP contribution < -0.4 is 5.32 Å². The van der Waals surface area contributed by atoms with Gasteiger partial charge in [-0.05, 0) is 55.7 Å². The van der Waals surface area contributed by atoms with E-state index in [0.717, 1.165) is 24.9 Å². The second-order valence-corrected chi connectivity index (χ2v) is 6.65. The first-order valence-corrected chi connectivity index (χ1v) is 7.95. The Bertz CT molecular complexity index is 472. The zero-order valence-corrected chi connectivity index (χ0v) is 13.2. The molecule has 1 aromatic carbocycles. The van der Waals surface area contributed by atoms with Gasteiger partial charge in [0.05, 0.1) is 6.42 Å². The highest BCUT2D eigenvalue weighted by molar-refractivity contribution is 6.20. The largest absolute Gasteiger partial charge is 0.356 e. The number of benzene rings is 1. The number of aryl methyl sites for hydroxylation is 2. The molecule has 0 bridgehead atoms. The second-order valence-electron chi connectivity index (χ2n) is 6.03. The molecule has 1 aliphatic rings. The molecule has 1 fully saturated rings. The molecule has 0 heterocycles. The van der Waals surface area contributed by atoms with E-state index in [1.807, 2.05) is 6.07 Å². The van der Waals surface area contributed by atoms with E-state index in [4.69, 9.17) is 11.6 Å². The predicted octanol–water partition coefficient (Wildman–Crippen LogP) is 3.76. The summed E-state index contributed by atoms with van der Waals surface area (Å²) in [5.41, 5.74) is 3.60. The summed E-state index contributed by atoms with van der Waals surface area (Å²) in [6.07, 6.45) is 5.00. The van der Waals surface area contributed by atoms with Crippen LogP contribution in [0.3, 0.4) is 0 Å². The highest BCUT2D eigenvalue weighted by atomic mass is 35.5. The fourth-order valence-corrected chi connectivity index (χ4v) is 3.24. The molecule has 0 radical (unpaired) electrons. The number of rotatable bonds is 4. The van der Waals surface area contributed by atoms with Crippen LogP contribution in [-0.4, -0.2) is 17.8 Å². The SMILES string of the molecule is Cc1ccc(CC(=O)NCC2CCCC(Cl)C2)cc1C. The minimum Gasteiger partial charge on any atom is -0.356 e. The van der Waals surface area contributed by atoms with Gasteiger partial charge in [0.2, 0.25) is 5.91 Å². The first kappa shape index (κ1) is 15.4. The monoisotopic (exact) mass is 293 g/mol. The lowest BCUT2D eigenvalue weighted by Gasteiger charge is -2.25. The van der Waals surface area contributed by atoms with Crippen molar-refractivity contribution < 1.29 is 4.79 Å². The average Bonchev–Trinajstić information content (AvgIpc) is 2.41. The molecule has 0 saturated heterocycles. The quantitative estimate of drug-likeness (QED) is 0.842. The fraction of sp³-hybridized carbons (Fsp3) is 0.588. The number of halogens is 1. The third kappa shape index (κ3) is 4.52. The number of alkyl halides is 1. The van der Waals surface area contributed by atoms with Gasteiger partial charge in [0, 0.05) is 11.9 Å². The van der Waals surface area contributed by atoms with Crippen molar-refractivity contribution in [3.05, 3.63) is 34.9 Å². The number of nitrogens with one attached hydrogen (secondary N) is 1. The highest BCUT2D eigenvalue weighted by Gasteiger charge is 2.20. The number of hydrogen-bond acceptors (Lipinski definition) is 1. The van der Waals surface area contributed by atoms with Crippen LogP contribution in [0.25, 0.3) is 0 Å². The fourth-order valence-electron chi connectivity index (χ4n) is 2.83. The Morgan fingerprint density at radius 3 is 2.80 bits per heavy atom. The Hall–Kier alpha value is -1.02. The molecule has 3 heteroatoms. The van der Waals surface area contributed by atoms with Gasteiger partial charge in [0.1, 0.15) is 0 Å². The second kappa shape index (κ2) is 7.12. The van der Waals surface area contributed by atoms with Gasteiger partial charge in [0.15, 0.2) is 0 Å². The normalized spacial score (nSPS) is 22.6. The molecule has 2 rings (SSSR count). The summed E-state index contributed by atoms with van der Waals surface area (Å²) >= 11 is 6.18. The zero-order valence-electron chi connectivity index (χ0n) is 12.4. The van der Waals surface area contributed by atoms with E-state index in [9.17, 15) is 4.79 Å². The smallest absolute Gasteiger partial charge is 0.224 e. The van der Waals surface area contributed by atoms with Crippen LogP contribution in [0.4, 0.5) is 0 Å². The molecule has 1 saturated carbocycles. The summed E-state index contributed by atoms with van der Waals surface area (Å²) in [6.45, 7) is 4.94. The van der Waals surface area contributed by atoms with Crippen molar-refractivity contribution in [3.63, 3.8) is 0 Å². The Morgan fingerprint density at radius 2 is 2.10 bits per heavy atom. The van der Waals surface area contributed by atoms with Crippen molar-refractivity contribution in [2.45, 2.75) is 51.3 Å². The van der Waals surface area contributed by atoms with Crippen LogP contribution in [0.15, 0.2) is 18.2 Å². The van der Waals surface area contributed by atoms with E-state index in [1.54, 1.807) is 0 Å². The van der Waals surface area contributed by atoms with Crippen LogP contribution in [-0.2, 0) is 11.2 Å². The Balaban J connectivity index is 1.78. The molecule has 1 amide bonds. The van der Waals surface area contributed by atoms with E-state index in [0.29, 0.717) is 17.7 Å². The first-order chi connectivity index (χ1) is 9.54. The molecular weight excluding hydrogens is 270 g/mol. The van der Waals surface area contributed by atoms with Crippen molar-refractivity contribution in [2.75, 3.05) is 6.54 Å². The molecule has 1 aromatic rings. The Morgan fingerprint density at radius 1 is 1.30 bits per heavy atom. The predicted molar refractivity (Wildman–Crippen MR) is 84.2 cm³/mol. The maximum absolute atomic E-state index is 12.0. The van der Waals surface area contributed by atoms with Crippen LogP contribution >= 0.6 is 11.6 Å². The van der Waals surface area contributed by atoms with Crippen LogP contribution in [0.1, 0.15) is 42.4 Å². The van der Waals surface area contributed by atoms with Crippen molar-refractivity contribution in [2.24, 2.45) is 5.92 Å². The Labute approximate surface area is 126 Å². The van der Waals surface area contributed by atoms with Crippen molar-refractivity contribution >= 4 is 17.5 Å². The van der Waals surface area contributed by atoms with Crippen molar-refractivity contribution in [1.29, 1.82) is 0 Å². The van der Waals surface area contributed by atoms with Crippen molar-refractivity contribution in [3.8, 4) is 0 Å². The lowest BCUT2D eigenvalue weighted by molar-refractivity contribution is -0.120. The molecule has 2 unspecified atom stereocenters. The summed E-state index contributed by atoms with van der Waals surface area (Å²) in [5, 5.41) is 3.35. The summed E-state index contributed by atoms with van der Waals surface area (Å²) in [4.78, 5) is 12.0. The number of amides is 1. The van der Waals surface area contributed by atoms with Crippen LogP contribution in [0.5, 0.6) is 0 Å². The van der Waals surface area contributed by atoms with Crippen LogP contribution in [0, 0.1) is 19.8 Å². The molecular formula is C17H24ClNO. The third-order valence-corrected chi connectivity index (χ3v) is 4.64. The number of hydrogen-bond donors (Lipinski definition) is 1. The van der Waals surface area contributed by atoms with E-state index < -0.39 is 0 Å². The minimum atomic E-state index is 0.116. The van der Waals surface area contributed by atoms with Crippen molar-refractivity contribution in [1.82, 2.24) is 5.32 Å². The lowest BCUT2D eigenvalue weighted by atomic mass is 9.89. The van der Waals surface area contributed by atoms with Gasteiger partial charge in [-0.3, -0.25) is 4.79 Å². The Kier molecular flexibility index (Phi) is 5.47. The molecule has 0 aromatic heterocycles. The first-order valence-electron chi connectivity index (χ1n) is 7.51. The third-order valence-electron chi connectivity index (χ3n) is 4.24. The van der Waals surface area contributed by atoms with E-state index in [1.165, 1.54) is 24.0 Å². The molecule has 0 spiro atoms. The zero-order chi connectivity index (χ0) is 14.5. The van der Waals surface area contributed by atoms with Gasteiger partial charge in [-0.2, -0.15) is 0 Å². The number of carbonyl (C=O) groups excluding carboxylic acids is 1. The molecule has 1 aliphatic carbocycles. The molecule has 20 heavy (non-hydrogen) atoms. The highest BCUT2D eigenvalue weighted by Crippen LogP contribution is 2.27. The maximum Gasteiger partial charge on any atom is 0.224 e. The maximum atomic E-state index is 12.0. The summed E-state index contributed by atoms with van der Waals surface area (Å²) < 4.78 is 0. The van der Waals surface area contributed by atoms with E-state index in [-0.39, 0.29) is 5.91 Å². The van der Waals surface area contributed by atoms with Gasteiger partial charge < -0.3 is 5.32 Å². The molecule has 2 atom stereocenters. The molecule has 110 valence electrons. The summed E-state index contributed by atoms with van der Waals surface area (Å²) in [7, 11) is 0. The van der Waals surface area contributed by atoms with Gasteiger partial charge in [-0.15, -0.1) is 11.6 Å². The summed E-state index contributed by atoms with van der Waals surface area (Å²) in [5.74, 6) is 0.667. The standard InChI is InChI=1S/C17H24ClNO/c1-12-6-7-14(8-13(12)2)10-17(20)19-11-15-4-3-5-16(18)9-15/h6-8,15-16H,3-5,9-11H2,1-2H3,(H,19,20). The van der Waals surface area contributed by atoms with Gasteiger partial charge in [0.25, 0.3) is 0 Å². The van der Waals surface area contributed by atoms with Gasteiger partial charge >= 0.3 is 0 Å². The van der Waals surface area contributed by atoms with Gasteiger partial charge in [-0.25, -0.2) is 0 Å².